The van der Waals surface area contributed by atoms with Gasteiger partial charge in [-0.1, -0.05) is 11.6 Å². The van der Waals surface area contributed by atoms with Gasteiger partial charge >= 0.3 is 0 Å². The molecule has 11 heavy (non-hydrogen) atoms. The number of hydrogen-bond donors (Lipinski definition) is 0. The second-order valence-corrected chi connectivity index (χ2v) is 3.60. The smallest absolute Gasteiger partial charge is 0.156 e. The van der Waals surface area contributed by atoms with Crippen molar-refractivity contribution in [2.75, 3.05) is 0 Å². The monoisotopic (exact) mass is 279 g/mol. The Morgan fingerprint density at radius 1 is 1.55 bits per heavy atom. The van der Waals surface area contributed by atoms with Crippen molar-refractivity contribution in [1.29, 1.82) is 0 Å². The average molecular weight is 279 g/mol. The Morgan fingerprint density at radius 2 is 2.36 bits per heavy atom. The number of aromatic nitrogens is 3. The van der Waals surface area contributed by atoms with Crippen molar-refractivity contribution in [3.05, 3.63) is 27.2 Å². The van der Waals surface area contributed by atoms with Crippen LogP contribution in [0.1, 0.15) is 0 Å². The number of nitrogens with zero attached hydrogens (tertiary/aromatic N) is 3. The van der Waals surface area contributed by atoms with Crippen LogP contribution in [-0.4, -0.2) is 14.6 Å². The highest BCUT2D eigenvalue weighted by Crippen LogP contribution is 2.18. The summed E-state index contributed by atoms with van der Waals surface area (Å²) in [6.07, 6.45) is 3.34. The third-order valence-corrected chi connectivity index (χ3v) is 2.81. The Labute approximate surface area is 81.5 Å². The van der Waals surface area contributed by atoms with Crippen LogP contribution in [0.15, 0.2) is 18.6 Å². The summed E-state index contributed by atoms with van der Waals surface area (Å²) in [6, 6.07) is 1.79. The molecule has 0 aliphatic rings. The van der Waals surface area contributed by atoms with E-state index in [9.17, 15) is 0 Å². The first-order valence-electron chi connectivity index (χ1n) is 2.92. The molecule has 0 saturated carbocycles. The second kappa shape index (κ2) is 2.60. The molecule has 0 unspecified atom stereocenters. The van der Waals surface area contributed by atoms with Crippen molar-refractivity contribution in [1.82, 2.24) is 14.6 Å². The molecule has 0 atom stereocenters. The fourth-order valence-corrected chi connectivity index (χ4v) is 1.38. The molecule has 0 saturated heterocycles. The molecule has 0 radical (unpaired) electrons. The maximum Gasteiger partial charge on any atom is 0.156 e. The molecule has 0 fully saturated rings. The van der Waals surface area contributed by atoms with Crippen molar-refractivity contribution in [3.8, 4) is 0 Å². The summed E-state index contributed by atoms with van der Waals surface area (Å²) in [5.41, 5.74) is 0.774. The fraction of sp³-hybridized carbons (Fsp3) is 0. The van der Waals surface area contributed by atoms with Crippen molar-refractivity contribution >= 4 is 39.8 Å². The van der Waals surface area contributed by atoms with Crippen molar-refractivity contribution in [2.45, 2.75) is 0 Å². The predicted molar refractivity (Wildman–Crippen MR) is 50.7 cm³/mol. The molecule has 0 aliphatic carbocycles. The summed E-state index contributed by atoms with van der Waals surface area (Å²) in [5.74, 6) is 0. The minimum absolute atomic E-state index is 0.714. The highest BCUT2D eigenvalue weighted by atomic mass is 127. The lowest BCUT2D eigenvalue weighted by molar-refractivity contribution is 0.956. The van der Waals surface area contributed by atoms with Crippen molar-refractivity contribution < 1.29 is 0 Å². The van der Waals surface area contributed by atoms with Gasteiger partial charge in [-0.2, -0.15) is 5.10 Å². The van der Waals surface area contributed by atoms with E-state index in [4.69, 9.17) is 11.6 Å². The first kappa shape index (κ1) is 7.30. The predicted octanol–water partition coefficient (Wildman–Crippen LogP) is 1.99. The van der Waals surface area contributed by atoms with Crippen LogP contribution in [0.5, 0.6) is 0 Å². The number of pyridine rings is 1. The quantitative estimate of drug-likeness (QED) is 0.690. The Hall–Kier alpha value is -0.360. The van der Waals surface area contributed by atoms with E-state index in [0.29, 0.717) is 5.02 Å². The molecule has 0 N–H and O–H groups in total. The van der Waals surface area contributed by atoms with Gasteiger partial charge in [0.25, 0.3) is 0 Å². The third kappa shape index (κ3) is 1.20. The van der Waals surface area contributed by atoms with Crippen LogP contribution in [0, 0.1) is 3.57 Å². The average Bonchev–Trinajstić information content (AvgIpc) is 2.36. The topological polar surface area (TPSA) is 30.2 Å². The zero-order valence-corrected chi connectivity index (χ0v) is 8.24. The molecule has 3 nitrogen and oxygen atoms in total. The molecule has 56 valence electrons. The molecule has 0 bridgehead atoms. The molecule has 2 rings (SSSR count). The molecular formula is C6H3ClIN3. The van der Waals surface area contributed by atoms with E-state index in [0.717, 1.165) is 9.22 Å². The van der Waals surface area contributed by atoms with Crippen LogP contribution in [-0.2, 0) is 0 Å². The Balaban J connectivity index is 2.86. The number of hydrogen-bond acceptors (Lipinski definition) is 2. The fourth-order valence-electron chi connectivity index (χ4n) is 0.813. The van der Waals surface area contributed by atoms with Gasteiger partial charge in [-0.05, 0) is 22.6 Å². The molecular weight excluding hydrogens is 276 g/mol. The molecule has 0 aliphatic heterocycles. The van der Waals surface area contributed by atoms with E-state index in [1.54, 1.807) is 10.6 Å². The Kier molecular flexibility index (Phi) is 1.72. The van der Waals surface area contributed by atoms with E-state index < -0.39 is 0 Å². The van der Waals surface area contributed by atoms with Gasteiger partial charge in [0.15, 0.2) is 5.65 Å². The van der Waals surface area contributed by atoms with Crippen LogP contribution in [0.3, 0.4) is 0 Å². The Morgan fingerprint density at radius 3 is 3.18 bits per heavy atom. The van der Waals surface area contributed by atoms with Crippen LogP contribution in [0.2, 0.25) is 5.02 Å². The van der Waals surface area contributed by atoms with Gasteiger partial charge in [0.1, 0.15) is 6.33 Å². The van der Waals surface area contributed by atoms with Gasteiger partial charge in [-0.15, -0.1) is 0 Å². The van der Waals surface area contributed by atoms with Gasteiger partial charge in [0.05, 0.1) is 8.59 Å². The summed E-state index contributed by atoms with van der Waals surface area (Å²) >= 11 is 8.01. The minimum Gasteiger partial charge on any atom is -0.220 e. The van der Waals surface area contributed by atoms with Crippen molar-refractivity contribution in [3.63, 3.8) is 0 Å². The Bertz CT molecular complexity index is 362. The molecule has 2 aromatic rings. The van der Waals surface area contributed by atoms with E-state index in [2.05, 4.69) is 32.7 Å². The lowest BCUT2D eigenvalue weighted by atomic mass is 10.5. The van der Waals surface area contributed by atoms with Crippen LogP contribution >= 0.6 is 34.2 Å². The van der Waals surface area contributed by atoms with Gasteiger partial charge < -0.3 is 0 Å². The molecule has 0 amide bonds. The number of rotatable bonds is 0. The molecule has 0 aromatic carbocycles. The first-order chi connectivity index (χ1) is 5.27. The summed E-state index contributed by atoms with van der Waals surface area (Å²) in [5, 5.41) is 4.68. The van der Waals surface area contributed by atoms with E-state index in [1.165, 1.54) is 6.33 Å². The summed E-state index contributed by atoms with van der Waals surface area (Å²) in [4.78, 5) is 3.98. The summed E-state index contributed by atoms with van der Waals surface area (Å²) in [6.45, 7) is 0. The maximum absolute atomic E-state index is 5.86. The molecule has 2 heterocycles. The van der Waals surface area contributed by atoms with Crippen LogP contribution < -0.4 is 0 Å². The van der Waals surface area contributed by atoms with Gasteiger partial charge in [0, 0.05) is 12.3 Å². The highest BCUT2D eigenvalue weighted by Gasteiger charge is 2.00. The van der Waals surface area contributed by atoms with Gasteiger partial charge in [-0.3, -0.25) is 0 Å². The van der Waals surface area contributed by atoms with Crippen molar-refractivity contribution in [2.24, 2.45) is 0 Å². The molecule has 2 aromatic heterocycles. The first-order valence-corrected chi connectivity index (χ1v) is 4.37. The SMILES string of the molecule is Clc1cc2ncnn2cc1I. The normalized spacial score (nSPS) is 10.7. The van der Waals surface area contributed by atoms with Gasteiger partial charge in [0.2, 0.25) is 0 Å². The van der Waals surface area contributed by atoms with E-state index >= 15 is 0 Å². The summed E-state index contributed by atoms with van der Waals surface area (Å²) < 4.78 is 2.66. The summed E-state index contributed by atoms with van der Waals surface area (Å²) in [7, 11) is 0. The van der Waals surface area contributed by atoms with Crippen LogP contribution in [0.25, 0.3) is 5.65 Å². The maximum atomic E-state index is 5.86. The lowest BCUT2D eigenvalue weighted by Gasteiger charge is -1.94. The lowest BCUT2D eigenvalue weighted by Crippen LogP contribution is -1.88. The number of halogens is 2. The largest absolute Gasteiger partial charge is 0.220 e. The third-order valence-electron chi connectivity index (χ3n) is 1.32. The van der Waals surface area contributed by atoms with Crippen LogP contribution in [0.4, 0.5) is 0 Å². The highest BCUT2D eigenvalue weighted by molar-refractivity contribution is 14.1. The zero-order valence-electron chi connectivity index (χ0n) is 5.33. The van der Waals surface area contributed by atoms with Gasteiger partial charge in [-0.25, -0.2) is 9.50 Å². The standard InChI is InChI=1S/C6H3ClIN3/c7-4-1-6-9-3-10-11(6)2-5(4)8/h1-3H. The van der Waals surface area contributed by atoms with E-state index in [1.807, 2.05) is 6.20 Å². The molecule has 5 heteroatoms. The molecule has 0 spiro atoms. The number of fused-ring (bicyclic) bond motifs is 1. The minimum atomic E-state index is 0.714. The van der Waals surface area contributed by atoms with E-state index in [-0.39, 0.29) is 0 Å². The second-order valence-electron chi connectivity index (χ2n) is 2.03. The zero-order chi connectivity index (χ0) is 7.84.